The van der Waals surface area contributed by atoms with E-state index in [1.165, 1.54) is 109 Å². The minimum Gasteiger partial charge on any atom is -0.462 e. The zero-order chi connectivity index (χ0) is 42.4. The molecule has 58 heavy (non-hydrogen) atoms. The van der Waals surface area contributed by atoms with E-state index in [-0.39, 0.29) is 24.9 Å². The van der Waals surface area contributed by atoms with Crippen molar-refractivity contribution in [2.75, 3.05) is 6.61 Å². The van der Waals surface area contributed by atoms with Gasteiger partial charge in [0.15, 0.2) is 0 Å². The molecule has 3 unspecified atom stereocenters. The first-order chi connectivity index (χ1) is 28.5. The maximum atomic E-state index is 13.1. The predicted molar refractivity (Wildman–Crippen MR) is 250 cm³/mol. The molecule has 3 atom stereocenters. The minimum absolute atomic E-state index is 0.0470. The van der Waals surface area contributed by atoms with E-state index in [2.05, 4.69) is 62.5 Å². The maximum absolute atomic E-state index is 13.1. The van der Waals surface area contributed by atoms with Crippen molar-refractivity contribution in [3.63, 3.8) is 0 Å². The number of hydrogen-bond donors (Lipinski definition) is 3. The second-order valence-electron chi connectivity index (χ2n) is 16.6. The zero-order valence-electron chi connectivity index (χ0n) is 38.2. The highest BCUT2D eigenvalue weighted by atomic mass is 16.5. The minimum atomic E-state index is -0.799. The Morgan fingerprint density at radius 2 is 0.948 bits per heavy atom. The highest BCUT2D eigenvalue weighted by molar-refractivity contribution is 5.77. The molecule has 0 fully saturated rings. The average molecular weight is 812 g/mol. The van der Waals surface area contributed by atoms with Gasteiger partial charge in [0.2, 0.25) is 5.91 Å². The van der Waals surface area contributed by atoms with Gasteiger partial charge in [-0.15, -0.1) is 0 Å². The van der Waals surface area contributed by atoms with Crippen molar-refractivity contribution in [3.8, 4) is 0 Å². The maximum Gasteiger partial charge on any atom is 0.306 e. The van der Waals surface area contributed by atoms with E-state index in [1.54, 1.807) is 0 Å². The fraction of sp³-hybridized carbons (Fsp3) is 0.769. The van der Waals surface area contributed by atoms with Gasteiger partial charge < -0.3 is 20.3 Å². The predicted octanol–water partition coefficient (Wildman–Crippen LogP) is 14.5. The van der Waals surface area contributed by atoms with Gasteiger partial charge in [-0.05, 0) is 70.6 Å². The molecule has 0 aliphatic heterocycles. The van der Waals surface area contributed by atoms with Crippen molar-refractivity contribution in [2.45, 2.75) is 251 Å². The molecule has 0 aromatic heterocycles. The van der Waals surface area contributed by atoms with Gasteiger partial charge in [0.25, 0.3) is 0 Å². The highest BCUT2D eigenvalue weighted by Gasteiger charge is 2.24. The van der Waals surface area contributed by atoms with Crippen LogP contribution in [0, 0.1) is 0 Å². The Morgan fingerprint density at radius 3 is 1.48 bits per heavy atom. The third-order valence-corrected chi connectivity index (χ3v) is 10.9. The van der Waals surface area contributed by atoms with E-state index >= 15 is 0 Å². The van der Waals surface area contributed by atoms with Gasteiger partial charge in [0, 0.05) is 6.42 Å². The van der Waals surface area contributed by atoms with E-state index in [1.807, 2.05) is 24.3 Å². The number of ether oxygens (including phenoxy) is 1. The third kappa shape index (κ3) is 40.3. The van der Waals surface area contributed by atoms with Gasteiger partial charge in [-0.3, -0.25) is 9.59 Å². The Kier molecular flexibility index (Phi) is 43.7. The van der Waals surface area contributed by atoms with Crippen LogP contribution in [0.3, 0.4) is 0 Å². The van der Waals surface area contributed by atoms with E-state index in [0.717, 1.165) is 77.0 Å². The smallest absolute Gasteiger partial charge is 0.306 e. The lowest BCUT2D eigenvalue weighted by molar-refractivity contribution is -0.151. The summed E-state index contributed by atoms with van der Waals surface area (Å²) in [5.41, 5.74) is 0. The summed E-state index contributed by atoms with van der Waals surface area (Å²) in [5.74, 6) is -0.524. The molecular weight excluding hydrogens is 719 g/mol. The van der Waals surface area contributed by atoms with Crippen LogP contribution in [0.2, 0.25) is 0 Å². The molecule has 6 nitrogen and oxygen atoms in total. The van der Waals surface area contributed by atoms with Gasteiger partial charge in [0.05, 0.1) is 25.2 Å². The molecule has 6 heteroatoms. The lowest BCUT2D eigenvalue weighted by Gasteiger charge is -2.24. The Labute approximate surface area is 358 Å². The molecule has 0 spiro atoms. The van der Waals surface area contributed by atoms with Gasteiger partial charge in [-0.1, -0.05) is 210 Å². The summed E-state index contributed by atoms with van der Waals surface area (Å²) in [6, 6.07) is -0.716. The summed E-state index contributed by atoms with van der Waals surface area (Å²) in [7, 11) is 0. The standard InChI is InChI=1S/C52H93NO5/c1-4-7-10-13-16-19-22-24-25-26-28-30-33-36-39-42-45-52(57)58-48(43-40-37-34-31-29-27-23-20-17-14-11-8-5-2)46-51(56)53-49(47-54)50(55)44-41-38-35-32-21-18-15-12-9-6-3/h8,11,14,17,20,23,25-27,29,48-50,54-55H,4-7,9-10,12-13,15-16,18-19,21-22,24,28,30-47H2,1-3H3,(H,53,56)/b11-8+,17-14+,23-20+,26-25+,29-27-. The lowest BCUT2D eigenvalue weighted by Crippen LogP contribution is -2.46. The first-order valence-corrected chi connectivity index (χ1v) is 24.6. The number of aliphatic hydroxyl groups is 2. The van der Waals surface area contributed by atoms with Crippen LogP contribution in [-0.2, 0) is 14.3 Å². The molecule has 0 aliphatic carbocycles. The molecule has 0 saturated heterocycles. The number of hydrogen-bond acceptors (Lipinski definition) is 5. The fourth-order valence-corrected chi connectivity index (χ4v) is 7.20. The SMILES string of the molecule is CC/C=C/C=C/C=C/C=C\CCCCCC(CC(=O)NC(CO)C(O)CCCCCCCCCCCC)OC(=O)CCCCCCC/C=C/CCCCCCCCC. The average Bonchev–Trinajstić information content (AvgIpc) is 3.22. The van der Waals surface area contributed by atoms with E-state index in [4.69, 9.17) is 4.74 Å². The fourth-order valence-electron chi connectivity index (χ4n) is 7.20. The molecule has 0 rings (SSSR count). The molecule has 336 valence electrons. The summed E-state index contributed by atoms with van der Waals surface area (Å²) in [5, 5.41) is 23.6. The Bertz CT molecular complexity index is 1050. The van der Waals surface area contributed by atoms with Crippen LogP contribution in [0.5, 0.6) is 0 Å². The number of allylic oxidation sites excluding steroid dienone is 10. The zero-order valence-corrected chi connectivity index (χ0v) is 38.2. The van der Waals surface area contributed by atoms with Crippen LogP contribution in [-0.4, -0.2) is 46.9 Å². The number of rotatable bonds is 43. The molecule has 3 N–H and O–H groups in total. The lowest BCUT2D eigenvalue weighted by atomic mass is 10.0. The van der Waals surface area contributed by atoms with E-state index in [9.17, 15) is 19.8 Å². The van der Waals surface area contributed by atoms with Gasteiger partial charge in [0.1, 0.15) is 6.10 Å². The number of amides is 1. The molecule has 0 bridgehead atoms. The number of carbonyl (C=O) groups is 2. The Hall–Kier alpha value is -2.44. The van der Waals surface area contributed by atoms with Crippen molar-refractivity contribution < 1.29 is 24.5 Å². The number of carbonyl (C=O) groups excluding carboxylic acids is 2. The van der Waals surface area contributed by atoms with Gasteiger partial charge in [-0.25, -0.2) is 0 Å². The van der Waals surface area contributed by atoms with Gasteiger partial charge in [-0.2, -0.15) is 0 Å². The van der Waals surface area contributed by atoms with Crippen LogP contribution in [0.15, 0.2) is 60.8 Å². The van der Waals surface area contributed by atoms with E-state index in [0.29, 0.717) is 19.3 Å². The molecule has 0 radical (unpaired) electrons. The van der Waals surface area contributed by atoms with Crippen LogP contribution >= 0.6 is 0 Å². The van der Waals surface area contributed by atoms with Crippen LogP contribution in [0.4, 0.5) is 0 Å². The summed E-state index contributed by atoms with van der Waals surface area (Å²) >= 11 is 0. The monoisotopic (exact) mass is 812 g/mol. The number of unbranched alkanes of at least 4 members (excludes halogenated alkanes) is 24. The molecule has 0 aliphatic rings. The Balaban J connectivity index is 4.65. The molecular formula is C52H93NO5. The van der Waals surface area contributed by atoms with Crippen LogP contribution in [0.25, 0.3) is 0 Å². The molecule has 0 aromatic rings. The topological polar surface area (TPSA) is 95.9 Å². The van der Waals surface area contributed by atoms with Crippen molar-refractivity contribution in [1.82, 2.24) is 5.32 Å². The summed E-state index contributed by atoms with van der Waals surface area (Å²) in [6.45, 7) is 6.31. The molecule has 0 saturated carbocycles. The quantitative estimate of drug-likeness (QED) is 0.0247. The van der Waals surface area contributed by atoms with E-state index < -0.39 is 18.2 Å². The number of esters is 1. The first-order valence-electron chi connectivity index (χ1n) is 24.6. The largest absolute Gasteiger partial charge is 0.462 e. The molecule has 0 heterocycles. The van der Waals surface area contributed by atoms with Crippen molar-refractivity contribution in [2.24, 2.45) is 0 Å². The number of nitrogens with one attached hydrogen (secondary N) is 1. The van der Waals surface area contributed by atoms with Crippen molar-refractivity contribution in [1.29, 1.82) is 0 Å². The molecule has 1 amide bonds. The summed E-state index contributed by atoms with van der Waals surface area (Å²) < 4.78 is 5.90. The van der Waals surface area contributed by atoms with Crippen molar-refractivity contribution in [3.05, 3.63) is 60.8 Å². The number of aliphatic hydroxyl groups excluding tert-OH is 2. The second-order valence-corrected chi connectivity index (χ2v) is 16.6. The highest BCUT2D eigenvalue weighted by Crippen LogP contribution is 2.17. The summed E-state index contributed by atoms with van der Waals surface area (Å²) in [6.07, 6.45) is 55.7. The Morgan fingerprint density at radius 1 is 0.517 bits per heavy atom. The normalized spacial score (nSPS) is 13.8. The van der Waals surface area contributed by atoms with Crippen molar-refractivity contribution >= 4 is 11.9 Å². The first kappa shape index (κ1) is 55.6. The summed E-state index contributed by atoms with van der Waals surface area (Å²) in [4.78, 5) is 26.1. The van der Waals surface area contributed by atoms with Gasteiger partial charge >= 0.3 is 5.97 Å². The van der Waals surface area contributed by atoms with Crippen LogP contribution in [0.1, 0.15) is 233 Å². The third-order valence-electron chi connectivity index (χ3n) is 10.9. The van der Waals surface area contributed by atoms with Crippen LogP contribution < -0.4 is 5.32 Å². The second kappa shape index (κ2) is 45.6. The molecule has 0 aromatic carbocycles.